The topological polar surface area (TPSA) is 114 Å². The number of rotatable bonds is 7. The van der Waals surface area contributed by atoms with Crippen LogP contribution in [0.25, 0.3) is 0 Å². The van der Waals surface area contributed by atoms with Gasteiger partial charge in [-0.3, -0.25) is 14.9 Å². The first-order valence-electron chi connectivity index (χ1n) is 9.89. The maximum Gasteiger partial charge on any atom is 0.292 e. The van der Waals surface area contributed by atoms with Crippen molar-refractivity contribution in [3.8, 4) is 5.88 Å². The van der Waals surface area contributed by atoms with Crippen LogP contribution in [0, 0.1) is 10.1 Å². The van der Waals surface area contributed by atoms with Crippen molar-refractivity contribution in [2.45, 2.75) is 26.3 Å². The molecule has 1 aliphatic heterocycles. The lowest BCUT2D eigenvalue weighted by molar-refractivity contribution is -0.384. The number of amides is 1. The number of para-hydroxylation sites is 2. The second-order valence-electron chi connectivity index (χ2n) is 7.10. The number of ether oxygens (including phenoxy) is 1. The molecule has 10 nitrogen and oxygen atoms in total. The molecule has 0 aliphatic carbocycles. The van der Waals surface area contributed by atoms with E-state index in [2.05, 4.69) is 15.3 Å². The quantitative estimate of drug-likeness (QED) is 0.542. The number of methoxy groups -OCH3 is 1. The number of aromatic nitrogens is 2. The van der Waals surface area contributed by atoms with E-state index in [1.54, 1.807) is 18.2 Å². The Kier molecular flexibility index (Phi) is 6.65. The maximum absolute atomic E-state index is 12.4. The van der Waals surface area contributed by atoms with Crippen LogP contribution in [0.1, 0.15) is 30.6 Å². The molecular weight excluding hydrogens is 388 g/mol. The predicted molar refractivity (Wildman–Crippen MR) is 113 cm³/mol. The number of nitro benzene ring substituents is 1. The molecule has 10 heteroatoms. The van der Waals surface area contributed by atoms with Gasteiger partial charge in [0.2, 0.25) is 11.8 Å². The number of carbonyl (C=O) groups is 1. The third kappa shape index (κ3) is 4.58. The van der Waals surface area contributed by atoms with Crippen LogP contribution >= 0.6 is 0 Å². The van der Waals surface area contributed by atoms with Gasteiger partial charge in [0.1, 0.15) is 11.3 Å². The van der Waals surface area contributed by atoms with Gasteiger partial charge in [-0.15, -0.1) is 0 Å². The third-order valence-corrected chi connectivity index (χ3v) is 5.15. The normalized spacial score (nSPS) is 14.9. The summed E-state index contributed by atoms with van der Waals surface area (Å²) < 4.78 is 5.32. The SMILES string of the molecule is CC[C@@H](C)NC(=O)c1cnc(N2CCN(c3ccccc3[N+](=O)[O-])CC2)nc1OC. The second kappa shape index (κ2) is 9.38. The molecule has 1 atom stereocenters. The van der Waals surface area contributed by atoms with E-state index in [0.29, 0.717) is 43.4 Å². The van der Waals surface area contributed by atoms with Crippen molar-refractivity contribution in [2.24, 2.45) is 0 Å². The molecule has 1 aromatic heterocycles. The number of nitrogens with zero attached hydrogens (tertiary/aromatic N) is 5. The van der Waals surface area contributed by atoms with E-state index in [-0.39, 0.29) is 28.4 Å². The minimum atomic E-state index is -0.362. The Morgan fingerprint density at radius 2 is 1.93 bits per heavy atom. The van der Waals surface area contributed by atoms with E-state index in [9.17, 15) is 14.9 Å². The van der Waals surface area contributed by atoms with Crippen LogP contribution in [0.15, 0.2) is 30.5 Å². The van der Waals surface area contributed by atoms with Gasteiger partial charge in [-0.05, 0) is 19.4 Å². The molecule has 30 heavy (non-hydrogen) atoms. The fraction of sp³-hybridized carbons (Fsp3) is 0.450. The summed E-state index contributed by atoms with van der Waals surface area (Å²) in [6, 6.07) is 6.77. The minimum absolute atomic E-state index is 0.0389. The van der Waals surface area contributed by atoms with Crippen molar-refractivity contribution in [2.75, 3.05) is 43.1 Å². The molecule has 0 saturated carbocycles. The lowest BCUT2D eigenvalue weighted by Gasteiger charge is -2.35. The Labute approximate surface area is 175 Å². The highest BCUT2D eigenvalue weighted by atomic mass is 16.6. The van der Waals surface area contributed by atoms with Crippen molar-refractivity contribution in [3.63, 3.8) is 0 Å². The van der Waals surface area contributed by atoms with Crippen molar-refractivity contribution < 1.29 is 14.5 Å². The Hall–Kier alpha value is -3.43. The average Bonchev–Trinajstić information content (AvgIpc) is 2.78. The molecule has 3 rings (SSSR count). The monoisotopic (exact) mass is 414 g/mol. The molecular formula is C20H26N6O4. The summed E-state index contributed by atoms with van der Waals surface area (Å²) in [6.07, 6.45) is 2.30. The first kappa shape index (κ1) is 21.3. The smallest absolute Gasteiger partial charge is 0.292 e. The first-order chi connectivity index (χ1) is 14.4. The molecule has 2 aromatic rings. The van der Waals surface area contributed by atoms with E-state index in [1.807, 2.05) is 23.6 Å². The van der Waals surface area contributed by atoms with Gasteiger partial charge in [-0.25, -0.2) is 4.98 Å². The highest BCUT2D eigenvalue weighted by Gasteiger charge is 2.25. The van der Waals surface area contributed by atoms with Crippen LogP contribution in [0.2, 0.25) is 0 Å². The highest BCUT2D eigenvalue weighted by Crippen LogP contribution is 2.29. The number of nitrogens with one attached hydrogen (secondary N) is 1. The molecule has 0 radical (unpaired) electrons. The molecule has 160 valence electrons. The maximum atomic E-state index is 12.4. The number of hydrogen-bond acceptors (Lipinski definition) is 8. The Balaban J connectivity index is 1.71. The summed E-state index contributed by atoms with van der Waals surface area (Å²) in [5.41, 5.74) is 0.998. The molecule has 0 bridgehead atoms. The molecule has 1 saturated heterocycles. The summed E-state index contributed by atoms with van der Waals surface area (Å²) in [7, 11) is 1.47. The molecule has 0 spiro atoms. The zero-order chi connectivity index (χ0) is 21.7. The number of nitro groups is 1. The van der Waals surface area contributed by atoms with Crippen molar-refractivity contribution >= 4 is 23.2 Å². The van der Waals surface area contributed by atoms with Gasteiger partial charge in [0, 0.05) is 44.5 Å². The molecule has 1 fully saturated rings. The van der Waals surface area contributed by atoms with Crippen LogP contribution < -0.4 is 19.9 Å². The zero-order valence-corrected chi connectivity index (χ0v) is 17.4. The van der Waals surface area contributed by atoms with Crippen LogP contribution in [0.3, 0.4) is 0 Å². The van der Waals surface area contributed by atoms with E-state index >= 15 is 0 Å². The van der Waals surface area contributed by atoms with Gasteiger partial charge in [-0.1, -0.05) is 19.1 Å². The van der Waals surface area contributed by atoms with Crippen molar-refractivity contribution in [1.82, 2.24) is 15.3 Å². The van der Waals surface area contributed by atoms with Crippen LogP contribution in [0.5, 0.6) is 5.88 Å². The number of hydrogen-bond donors (Lipinski definition) is 1. The van der Waals surface area contributed by atoms with Crippen LogP contribution in [-0.2, 0) is 0 Å². The van der Waals surface area contributed by atoms with Gasteiger partial charge in [-0.2, -0.15) is 4.98 Å². The van der Waals surface area contributed by atoms with Gasteiger partial charge >= 0.3 is 0 Å². The molecule has 1 aromatic carbocycles. The highest BCUT2D eigenvalue weighted by molar-refractivity contribution is 5.96. The summed E-state index contributed by atoms with van der Waals surface area (Å²) >= 11 is 0. The van der Waals surface area contributed by atoms with Crippen LogP contribution in [-0.4, -0.2) is 60.1 Å². The molecule has 1 aliphatic rings. The van der Waals surface area contributed by atoms with E-state index in [1.165, 1.54) is 19.4 Å². The largest absolute Gasteiger partial charge is 0.480 e. The number of benzene rings is 1. The summed E-state index contributed by atoms with van der Waals surface area (Å²) in [6.45, 7) is 6.28. The fourth-order valence-electron chi connectivity index (χ4n) is 3.26. The second-order valence-corrected chi connectivity index (χ2v) is 7.10. The number of anilines is 2. The third-order valence-electron chi connectivity index (χ3n) is 5.15. The molecule has 2 heterocycles. The summed E-state index contributed by atoms with van der Waals surface area (Å²) in [4.78, 5) is 36.1. The molecule has 1 amide bonds. The van der Waals surface area contributed by atoms with Gasteiger partial charge in [0.15, 0.2) is 0 Å². The van der Waals surface area contributed by atoms with Gasteiger partial charge in [0.25, 0.3) is 11.6 Å². The van der Waals surface area contributed by atoms with E-state index in [0.717, 1.165) is 6.42 Å². The Morgan fingerprint density at radius 3 is 2.57 bits per heavy atom. The van der Waals surface area contributed by atoms with E-state index < -0.39 is 0 Å². The molecule has 1 N–H and O–H groups in total. The summed E-state index contributed by atoms with van der Waals surface area (Å²) in [5.74, 6) is 0.421. The standard InChI is InChI=1S/C20H26N6O4/c1-4-14(2)22-18(27)15-13-21-20(23-19(15)30-3)25-11-9-24(10-12-25)16-7-5-6-8-17(16)26(28)29/h5-8,13-14H,4,9-12H2,1-3H3,(H,22,27)/t14-/m1/s1. The average molecular weight is 414 g/mol. The predicted octanol–water partition coefficient (Wildman–Crippen LogP) is 2.25. The van der Waals surface area contributed by atoms with Crippen molar-refractivity contribution in [1.29, 1.82) is 0 Å². The van der Waals surface area contributed by atoms with Crippen molar-refractivity contribution in [3.05, 3.63) is 46.1 Å². The lowest BCUT2D eigenvalue weighted by atomic mass is 10.2. The Bertz CT molecular complexity index is 914. The van der Waals surface area contributed by atoms with Gasteiger partial charge in [0.05, 0.1) is 12.0 Å². The lowest BCUT2D eigenvalue weighted by Crippen LogP contribution is -2.47. The first-order valence-corrected chi connectivity index (χ1v) is 9.89. The van der Waals surface area contributed by atoms with E-state index in [4.69, 9.17) is 4.74 Å². The Morgan fingerprint density at radius 1 is 1.27 bits per heavy atom. The summed E-state index contributed by atoms with van der Waals surface area (Å²) in [5, 5.41) is 14.2. The molecule has 0 unspecified atom stereocenters. The zero-order valence-electron chi connectivity index (χ0n) is 17.4. The number of carbonyl (C=O) groups excluding carboxylic acids is 1. The van der Waals surface area contributed by atoms with Gasteiger partial charge < -0.3 is 19.9 Å². The van der Waals surface area contributed by atoms with Crippen LogP contribution in [0.4, 0.5) is 17.3 Å². The number of piperazine rings is 1. The fourth-order valence-corrected chi connectivity index (χ4v) is 3.26. The minimum Gasteiger partial charge on any atom is -0.480 e.